The molecular weight excluding hydrogens is 518 g/mol. The number of aliphatic hydroxyl groups is 1. The van der Waals surface area contributed by atoms with Crippen LogP contribution in [0.3, 0.4) is 0 Å². The summed E-state index contributed by atoms with van der Waals surface area (Å²) in [6.07, 6.45) is 4.30. The SMILES string of the molecule is COC(=O)N1c2ccc3c(nc([C@@H](O)c4cc(Cl)c5c(c4)CCO5)n3[C@@H]3CCC[C@@H](C(C)=O)C3)c2CC[C@@H]1C. The molecule has 3 heterocycles. The van der Waals surface area contributed by atoms with E-state index in [4.69, 9.17) is 26.1 Å². The molecule has 0 radical (unpaired) electrons. The van der Waals surface area contributed by atoms with Gasteiger partial charge in [-0.3, -0.25) is 9.69 Å². The van der Waals surface area contributed by atoms with E-state index in [0.29, 0.717) is 35.2 Å². The number of carbonyl (C=O) groups is 2. The van der Waals surface area contributed by atoms with Crippen molar-refractivity contribution < 1.29 is 24.2 Å². The Morgan fingerprint density at radius 3 is 2.79 bits per heavy atom. The topological polar surface area (TPSA) is 93.9 Å². The number of ketones is 1. The first-order valence-corrected chi connectivity index (χ1v) is 14.2. The highest BCUT2D eigenvalue weighted by Crippen LogP contribution is 2.43. The number of aryl methyl sites for hydroxylation is 1. The average molecular weight is 552 g/mol. The number of aliphatic hydroxyl groups excluding tert-OH is 1. The third-order valence-electron chi connectivity index (χ3n) is 8.76. The zero-order valence-corrected chi connectivity index (χ0v) is 23.3. The Morgan fingerprint density at radius 2 is 2.03 bits per heavy atom. The molecule has 0 bridgehead atoms. The van der Waals surface area contributed by atoms with Crippen molar-refractivity contribution in [3.05, 3.63) is 51.8 Å². The monoisotopic (exact) mass is 551 g/mol. The van der Waals surface area contributed by atoms with Gasteiger partial charge in [0.25, 0.3) is 0 Å². The predicted octanol–water partition coefficient (Wildman–Crippen LogP) is 5.93. The summed E-state index contributed by atoms with van der Waals surface area (Å²) >= 11 is 6.55. The lowest BCUT2D eigenvalue weighted by Gasteiger charge is -2.34. The van der Waals surface area contributed by atoms with Gasteiger partial charge in [-0.05, 0) is 81.3 Å². The van der Waals surface area contributed by atoms with E-state index in [0.717, 1.165) is 66.4 Å². The van der Waals surface area contributed by atoms with Crippen molar-refractivity contribution >= 4 is 40.2 Å². The molecule has 2 aromatic carbocycles. The van der Waals surface area contributed by atoms with Crippen LogP contribution in [-0.2, 0) is 22.4 Å². The van der Waals surface area contributed by atoms with Gasteiger partial charge in [0, 0.05) is 30.0 Å². The van der Waals surface area contributed by atoms with Crippen molar-refractivity contribution in [2.24, 2.45) is 5.92 Å². The molecule has 6 rings (SSSR count). The second-order valence-corrected chi connectivity index (χ2v) is 11.5. The van der Waals surface area contributed by atoms with Crippen LogP contribution in [0.1, 0.15) is 80.6 Å². The molecule has 0 spiro atoms. The van der Waals surface area contributed by atoms with Gasteiger partial charge >= 0.3 is 6.09 Å². The number of benzene rings is 2. The smallest absolute Gasteiger partial charge is 0.414 e. The molecule has 1 N–H and O–H groups in total. The van der Waals surface area contributed by atoms with Crippen LogP contribution in [-0.4, -0.2) is 46.3 Å². The van der Waals surface area contributed by atoms with Crippen molar-refractivity contribution in [2.45, 2.75) is 77.0 Å². The number of Topliss-reactive ketones (excluding diaryl/α,β-unsaturated/α-hetero) is 1. The van der Waals surface area contributed by atoms with Gasteiger partial charge in [0.05, 0.1) is 35.5 Å². The number of halogens is 1. The molecule has 0 unspecified atom stereocenters. The summed E-state index contributed by atoms with van der Waals surface area (Å²) < 4.78 is 12.9. The molecule has 1 saturated carbocycles. The molecule has 2 aliphatic heterocycles. The number of hydrogen-bond donors (Lipinski definition) is 1. The van der Waals surface area contributed by atoms with Gasteiger partial charge in [0.15, 0.2) is 0 Å². The lowest BCUT2D eigenvalue weighted by Crippen LogP contribution is -2.42. The molecular formula is C30H34ClN3O5. The van der Waals surface area contributed by atoms with E-state index in [1.165, 1.54) is 7.11 Å². The standard InChI is InChI=1S/C30H34ClN3O5/c1-16-7-8-22-24(33(16)30(37)38-3)9-10-25-26(22)32-29(34(25)21-6-4-5-18(14-21)17(2)35)27(36)20-13-19-11-12-39-28(19)23(31)15-20/h9-10,13,15-16,18,21,27,36H,4-8,11-12,14H2,1-3H3/t16-,18+,21+,27-/m0/s1. The maximum atomic E-state index is 12.7. The third kappa shape index (κ3) is 4.38. The first-order valence-electron chi connectivity index (χ1n) is 13.8. The molecule has 1 amide bonds. The van der Waals surface area contributed by atoms with Crippen LogP contribution in [0, 0.1) is 5.92 Å². The molecule has 206 valence electrons. The van der Waals surface area contributed by atoms with Gasteiger partial charge in [0.1, 0.15) is 23.5 Å². The number of anilines is 1. The van der Waals surface area contributed by atoms with E-state index in [1.54, 1.807) is 17.9 Å². The summed E-state index contributed by atoms with van der Waals surface area (Å²) in [6.45, 7) is 4.26. The fourth-order valence-corrected chi connectivity index (χ4v) is 7.03. The van der Waals surface area contributed by atoms with E-state index in [-0.39, 0.29) is 23.8 Å². The molecule has 4 atom stereocenters. The van der Waals surface area contributed by atoms with Gasteiger partial charge in [-0.15, -0.1) is 0 Å². The summed E-state index contributed by atoms with van der Waals surface area (Å²) in [5, 5.41) is 12.3. The number of imidazole rings is 1. The van der Waals surface area contributed by atoms with Crippen LogP contribution in [0.25, 0.3) is 11.0 Å². The highest BCUT2D eigenvalue weighted by Gasteiger charge is 2.35. The minimum atomic E-state index is -1.02. The quantitative estimate of drug-likeness (QED) is 0.431. The number of ether oxygens (including phenoxy) is 2. The highest BCUT2D eigenvalue weighted by molar-refractivity contribution is 6.32. The second kappa shape index (κ2) is 10.1. The van der Waals surface area contributed by atoms with Crippen LogP contribution in [0.5, 0.6) is 5.75 Å². The molecule has 9 heteroatoms. The van der Waals surface area contributed by atoms with Crippen LogP contribution in [0.4, 0.5) is 10.5 Å². The van der Waals surface area contributed by atoms with Crippen LogP contribution in [0.2, 0.25) is 5.02 Å². The number of nitrogens with zero attached hydrogens (tertiary/aromatic N) is 3. The fraction of sp³-hybridized carbons (Fsp3) is 0.500. The summed E-state index contributed by atoms with van der Waals surface area (Å²) in [4.78, 5) is 31.8. The van der Waals surface area contributed by atoms with E-state index in [2.05, 4.69) is 4.57 Å². The van der Waals surface area contributed by atoms with Crippen molar-refractivity contribution in [3.63, 3.8) is 0 Å². The summed E-state index contributed by atoms with van der Waals surface area (Å²) in [7, 11) is 1.40. The Balaban J connectivity index is 1.53. The largest absolute Gasteiger partial charge is 0.491 e. The van der Waals surface area contributed by atoms with Crippen LogP contribution < -0.4 is 9.64 Å². The first-order chi connectivity index (χ1) is 18.8. The van der Waals surface area contributed by atoms with Gasteiger partial charge in [-0.2, -0.15) is 0 Å². The number of rotatable bonds is 4. The van der Waals surface area contributed by atoms with E-state index in [1.807, 2.05) is 25.1 Å². The van der Waals surface area contributed by atoms with Crippen LogP contribution >= 0.6 is 11.6 Å². The zero-order chi connectivity index (χ0) is 27.4. The number of amides is 1. The van der Waals surface area contributed by atoms with Crippen LogP contribution in [0.15, 0.2) is 24.3 Å². The summed E-state index contributed by atoms with van der Waals surface area (Å²) in [6, 6.07) is 7.69. The third-order valence-corrected chi connectivity index (χ3v) is 9.04. The molecule has 1 aromatic heterocycles. The predicted molar refractivity (Wildman–Crippen MR) is 149 cm³/mol. The van der Waals surface area contributed by atoms with Gasteiger partial charge in [0.2, 0.25) is 0 Å². The number of methoxy groups -OCH3 is 1. The Hall–Kier alpha value is -3.10. The summed E-state index contributed by atoms with van der Waals surface area (Å²) in [5.41, 5.74) is 5.10. The Kier molecular flexibility index (Phi) is 6.79. The Labute approximate surface area is 232 Å². The van der Waals surface area contributed by atoms with Crippen molar-refractivity contribution in [1.29, 1.82) is 0 Å². The van der Waals surface area contributed by atoms with E-state index in [9.17, 15) is 14.7 Å². The van der Waals surface area contributed by atoms with Crippen molar-refractivity contribution in [1.82, 2.24) is 9.55 Å². The maximum Gasteiger partial charge on any atom is 0.414 e. The number of aromatic nitrogens is 2. The minimum absolute atomic E-state index is 0.00000901. The second-order valence-electron chi connectivity index (χ2n) is 11.1. The van der Waals surface area contributed by atoms with Gasteiger partial charge in [-0.25, -0.2) is 9.78 Å². The highest BCUT2D eigenvalue weighted by atomic mass is 35.5. The number of hydrogen-bond acceptors (Lipinski definition) is 6. The average Bonchev–Trinajstić information content (AvgIpc) is 3.57. The molecule has 1 aliphatic carbocycles. The molecule has 0 saturated heterocycles. The van der Waals surface area contributed by atoms with E-state index >= 15 is 0 Å². The number of fused-ring (bicyclic) bond motifs is 4. The van der Waals surface area contributed by atoms with Crippen molar-refractivity contribution in [2.75, 3.05) is 18.6 Å². The normalized spacial score (nSPS) is 23.2. The minimum Gasteiger partial charge on any atom is -0.491 e. The first kappa shape index (κ1) is 26.1. The summed E-state index contributed by atoms with van der Waals surface area (Å²) in [5.74, 6) is 1.41. The lowest BCUT2D eigenvalue weighted by atomic mass is 9.83. The molecule has 1 fully saturated rings. The molecule has 39 heavy (non-hydrogen) atoms. The Bertz CT molecular complexity index is 1470. The maximum absolute atomic E-state index is 12.7. The zero-order valence-electron chi connectivity index (χ0n) is 22.6. The van der Waals surface area contributed by atoms with Gasteiger partial charge < -0.3 is 19.1 Å². The van der Waals surface area contributed by atoms with Gasteiger partial charge in [-0.1, -0.05) is 18.0 Å². The molecule has 3 aromatic rings. The lowest BCUT2D eigenvalue weighted by molar-refractivity contribution is -0.122. The Morgan fingerprint density at radius 1 is 1.21 bits per heavy atom. The number of carbonyl (C=O) groups excluding carboxylic acids is 2. The van der Waals surface area contributed by atoms with Crippen molar-refractivity contribution in [3.8, 4) is 5.75 Å². The molecule has 8 nitrogen and oxygen atoms in total. The van der Waals surface area contributed by atoms with E-state index < -0.39 is 12.2 Å². The fourth-order valence-electron chi connectivity index (χ4n) is 6.73. The molecule has 3 aliphatic rings.